The van der Waals surface area contributed by atoms with Crippen LogP contribution >= 0.6 is 0 Å². The molecule has 5 N–H and O–H groups in total. The molecule has 2 aromatic carbocycles. The molecule has 0 radical (unpaired) electrons. The number of nitrogens with zero attached hydrogens (tertiary/aromatic N) is 1. The fourth-order valence-electron chi connectivity index (χ4n) is 8.00. The van der Waals surface area contributed by atoms with Gasteiger partial charge >= 0.3 is 12.1 Å². The monoisotopic (exact) mass is 680 g/mol. The maximum Gasteiger partial charge on any atom is 0.331 e. The molecule has 2 unspecified atom stereocenters. The molecule has 8 rings (SSSR count). The molecule has 2 saturated heterocycles. The van der Waals surface area contributed by atoms with Gasteiger partial charge in [-0.1, -0.05) is 12.1 Å². The van der Waals surface area contributed by atoms with Crippen molar-refractivity contribution in [2.45, 2.75) is 107 Å². The summed E-state index contributed by atoms with van der Waals surface area (Å²) in [5, 5.41) is 9.22. The zero-order valence-corrected chi connectivity index (χ0v) is 29.2. The van der Waals surface area contributed by atoms with E-state index in [1.54, 1.807) is 0 Å². The van der Waals surface area contributed by atoms with Gasteiger partial charge in [0.15, 0.2) is 0 Å². The molecule has 0 bridgehead atoms. The third-order valence-electron chi connectivity index (χ3n) is 10.8. The van der Waals surface area contributed by atoms with Crippen LogP contribution in [0, 0.1) is 0 Å². The normalized spacial score (nSPS) is 20.9. The van der Waals surface area contributed by atoms with Crippen molar-refractivity contribution in [3.63, 3.8) is 0 Å². The molecule has 2 fully saturated rings. The van der Waals surface area contributed by atoms with Gasteiger partial charge < -0.3 is 16.0 Å². The molecule has 10 nitrogen and oxygen atoms in total. The lowest BCUT2D eigenvalue weighted by Gasteiger charge is -2.40. The Morgan fingerprint density at radius 3 is 1.38 bits per heavy atom. The lowest BCUT2D eigenvalue weighted by molar-refractivity contribution is 0.144. The van der Waals surface area contributed by atoms with Crippen LogP contribution in [0.2, 0.25) is 0 Å². The molecule has 0 aromatic heterocycles. The van der Waals surface area contributed by atoms with E-state index in [-0.39, 0.29) is 22.6 Å². The first-order chi connectivity index (χ1) is 22.7. The van der Waals surface area contributed by atoms with Crippen LogP contribution < -0.4 is 25.4 Å². The maximum absolute atomic E-state index is 12.5. The van der Waals surface area contributed by atoms with Gasteiger partial charge in [-0.2, -0.15) is 0 Å². The number of anilines is 2. The van der Waals surface area contributed by atoms with Crippen LogP contribution in [0.3, 0.4) is 0 Å². The third kappa shape index (κ3) is 6.89. The SMILES string of the molecule is CC(C)N1CC(S(=O)NC(=O)Nc2c3c(cc4c2CCC4)CCC3)C1.O=C(Nc1c2c(cc3c1CCC3)CCC2)NS(=O)C1CNC1. The van der Waals surface area contributed by atoms with Crippen molar-refractivity contribution in [1.29, 1.82) is 0 Å². The number of fused-ring (bicyclic) bond motifs is 4. The molecule has 2 heterocycles. The first kappa shape index (κ1) is 32.7. The van der Waals surface area contributed by atoms with Crippen LogP contribution in [-0.2, 0) is 73.3 Å². The number of carbonyl (C=O) groups excluding carboxylic acids is 2. The number of nitrogens with one attached hydrogen (secondary N) is 5. The molecule has 4 amide bonds. The summed E-state index contributed by atoms with van der Waals surface area (Å²) in [7, 11) is -2.62. The lowest BCUT2D eigenvalue weighted by Crippen LogP contribution is -2.58. The van der Waals surface area contributed by atoms with Crippen molar-refractivity contribution in [2.75, 3.05) is 36.8 Å². The summed E-state index contributed by atoms with van der Waals surface area (Å²) in [6.45, 7) is 7.28. The van der Waals surface area contributed by atoms with E-state index in [4.69, 9.17) is 0 Å². The highest BCUT2D eigenvalue weighted by molar-refractivity contribution is 7.84. The van der Waals surface area contributed by atoms with Crippen LogP contribution in [0.4, 0.5) is 21.0 Å². The Bertz CT molecular complexity index is 1550. The van der Waals surface area contributed by atoms with E-state index in [2.05, 4.69) is 56.3 Å². The van der Waals surface area contributed by atoms with E-state index in [0.29, 0.717) is 19.1 Å². The second-order valence-corrected chi connectivity index (χ2v) is 17.1. The first-order valence-corrected chi connectivity index (χ1v) is 19.9. The van der Waals surface area contributed by atoms with E-state index in [1.807, 2.05) is 0 Å². The van der Waals surface area contributed by atoms with Gasteiger partial charge in [0.25, 0.3) is 0 Å². The molecule has 0 saturated carbocycles. The highest BCUT2D eigenvalue weighted by atomic mass is 32.2. The average Bonchev–Trinajstić information content (AvgIpc) is 3.77. The molecule has 254 valence electrons. The minimum Gasteiger partial charge on any atom is -0.314 e. The van der Waals surface area contributed by atoms with Gasteiger partial charge in [-0.05, 0) is 135 Å². The minimum atomic E-state index is -1.32. The second kappa shape index (κ2) is 14.0. The van der Waals surface area contributed by atoms with Gasteiger partial charge in [-0.25, -0.2) is 18.0 Å². The molecule has 2 atom stereocenters. The summed E-state index contributed by atoms with van der Waals surface area (Å²) in [6, 6.07) is 4.50. The fraction of sp³-hybridized carbons (Fsp3) is 0.600. The number of rotatable bonds is 7. The topological polar surface area (TPSA) is 132 Å². The highest BCUT2D eigenvalue weighted by Crippen LogP contribution is 2.40. The summed E-state index contributed by atoms with van der Waals surface area (Å²) in [4.78, 5) is 26.9. The quantitative estimate of drug-likeness (QED) is 0.301. The van der Waals surface area contributed by atoms with Gasteiger partial charge in [0.1, 0.15) is 22.0 Å². The zero-order valence-electron chi connectivity index (χ0n) is 27.6. The van der Waals surface area contributed by atoms with Crippen LogP contribution in [0.15, 0.2) is 12.1 Å². The molecule has 47 heavy (non-hydrogen) atoms. The molecule has 0 spiro atoms. The molecule has 4 aliphatic carbocycles. The Morgan fingerprint density at radius 1 is 0.660 bits per heavy atom. The predicted molar refractivity (Wildman–Crippen MR) is 189 cm³/mol. The largest absolute Gasteiger partial charge is 0.331 e. The van der Waals surface area contributed by atoms with Gasteiger partial charge in [0.2, 0.25) is 0 Å². The number of urea groups is 2. The molecular weight excluding hydrogens is 633 g/mol. The van der Waals surface area contributed by atoms with Crippen molar-refractivity contribution in [3.8, 4) is 0 Å². The fourth-order valence-corrected chi connectivity index (χ4v) is 10.00. The molecule has 12 heteroatoms. The highest BCUT2D eigenvalue weighted by Gasteiger charge is 2.34. The summed E-state index contributed by atoms with van der Waals surface area (Å²) in [5.41, 5.74) is 12.8. The zero-order chi connectivity index (χ0) is 32.7. The van der Waals surface area contributed by atoms with Crippen molar-refractivity contribution in [1.82, 2.24) is 19.7 Å². The number of aryl methyl sites for hydroxylation is 4. The van der Waals surface area contributed by atoms with Crippen molar-refractivity contribution in [3.05, 3.63) is 56.6 Å². The van der Waals surface area contributed by atoms with Crippen molar-refractivity contribution < 1.29 is 18.0 Å². The Labute approximate surface area is 283 Å². The smallest absolute Gasteiger partial charge is 0.314 e. The molecule has 2 aromatic rings. The first-order valence-electron chi connectivity index (χ1n) is 17.5. The number of amides is 4. The number of hydrogen-bond donors (Lipinski definition) is 5. The summed E-state index contributed by atoms with van der Waals surface area (Å²) < 4.78 is 29.6. The van der Waals surface area contributed by atoms with E-state index in [9.17, 15) is 18.0 Å². The number of carbonyl (C=O) groups is 2. The molecule has 6 aliphatic rings. The van der Waals surface area contributed by atoms with Crippen LogP contribution in [0.25, 0.3) is 0 Å². The van der Waals surface area contributed by atoms with Crippen molar-refractivity contribution >= 4 is 45.4 Å². The van der Waals surface area contributed by atoms with Crippen LogP contribution in [0.1, 0.15) is 84.0 Å². The number of hydrogen-bond acceptors (Lipinski definition) is 6. The number of benzene rings is 2. The third-order valence-corrected chi connectivity index (χ3v) is 13.4. The van der Waals surface area contributed by atoms with Crippen LogP contribution in [0.5, 0.6) is 0 Å². The van der Waals surface area contributed by atoms with E-state index in [1.165, 1.54) is 44.5 Å². The van der Waals surface area contributed by atoms with E-state index in [0.717, 1.165) is 102 Å². The second-order valence-electron chi connectivity index (χ2n) is 14.1. The van der Waals surface area contributed by atoms with E-state index >= 15 is 0 Å². The van der Waals surface area contributed by atoms with Gasteiger partial charge in [-0.15, -0.1) is 0 Å². The summed E-state index contributed by atoms with van der Waals surface area (Å²) >= 11 is 0. The predicted octanol–water partition coefficient (Wildman–Crippen LogP) is 3.96. The van der Waals surface area contributed by atoms with Crippen LogP contribution in [-0.4, -0.2) is 68.1 Å². The molecular formula is C35H48N6O4S2. The minimum absolute atomic E-state index is 0.0398. The Kier molecular flexibility index (Phi) is 9.73. The van der Waals surface area contributed by atoms with Gasteiger partial charge in [-0.3, -0.25) is 14.3 Å². The molecule has 2 aliphatic heterocycles. The average molecular weight is 681 g/mol. The summed E-state index contributed by atoms with van der Waals surface area (Å²) in [5.74, 6) is 0. The van der Waals surface area contributed by atoms with E-state index < -0.39 is 22.0 Å². The Morgan fingerprint density at radius 2 is 1.04 bits per heavy atom. The Balaban J connectivity index is 0.000000151. The Hall–Kier alpha value is -2.80. The van der Waals surface area contributed by atoms with Gasteiger partial charge in [0.05, 0.1) is 10.5 Å². The lowest BCUT2D eigenvalue weighted by atomic mass is 9.99. The summed E-state index contributed by atoms with van der Waals surface area (Å²) in [6.07, 6.45) is 13.2. The van der Waals surface area contributed by atoms with Gasteiger partial charge in [0, 0.05) is 43.6 Å². The maximum atomic E-state index is 12.5. The standard InChI is InChI=1S/C19H27N3O2S.C16H21N3O2S/c1-12(2)22-10-15(11-22)25(24)21-19(23)20-18-16-7-3-5-13(16)9-14-6-4-8-17(14)18;20-16(19-22(21)12-8-17-9-12)18-15-13-5-1-3-10(13)7-11-4-2-6-14(11)15/h9,12,15H,3-8,10-11H2,1-2H3,(H2,20,21,23);7,12,17H,1-6,8-9H2,(H2,18,19,20). The van der Waals surface area contributed by atoms with Crippen molar-refractivity contribution in [2.24, 2.45) is 0 Å². The number of likely N-dealkylation sites (tertiary alicyclic amines) is 1.